The van der Waals surface area contributed by atoms with Gasteiger partial charge in [-0.1, -0.05) is 0 Å². The minimum absolute atomic E-state index is 1.62. The average Bonchev–Trinajstić information content (AvgIpc) is 2.07. The highest BCUT2D eigenvalue weighted by molar-refractivity contribution is 8.06. The van der Waals surface area contributed by atoms with Crippen LogP contribution in [0.3, 0.4) is 0 Å². The molecule has 0 unspecified atom stereocenters. The molecule has 4 N–H and O–H groups in total. The van der Waals surface area contributed by atoms with Crippen molar-refractivity contribution in [1.82, 2.24) is 9.97 Å². The molecule has 10 heavy (non-hydrogen) atoms. The van der Waals surface area contributed by atoms with Gasteiger partial charge < -0.3 is 19.7 Å². The largest absolute Gasteiger partial charge is 0.351 e. The molecule has 7 heteroatoms. The topological polar surface area (TPSA) is 89.4 Å². The van der Waals surface area contributed by atoms with Gasteiger partial charge in [-0.2, -0.15) is 0 Å². The summed E-state index contributed by atoms with van der Waals surface area (Å²) in [6.45, 7) is -3.81. The van der Waals surface area contributed by atoms with Gasteiger partial charge >= 0.3 is 6.72 Å². The molecule has 0 fully saturated rings. The number of aromatic amines is 1. The quantitative estimate of drug-likeness (QED) is 0.410. The third kappa shape index (κ3) is 15.6. The lowest BCUT2D eigenvalue weighted by Crippen LogP contribution is -1.65. The first kappa shape index (κ1) is 9.74. The van der Waals surface area contributed by atoms with E-state index in [0.717, 1.165) is 0 Å². The summed E-state index contributed by atoms with van der Waals surface area (Å²) in [7, 11) is 0. The van der Waals surface area contributed by atoms with Gasteiger partial charge in [0, 0.05) is 12.4 Å². The van der Waals surface area contributed by atoms with E-state index in [-0.39, 0.29) is 0 Å². The first-order valence-corrected chi connectivity index (χ1v) is 4.87. The van der Waals surface area contributed by atoms with E-state index in [1.165, 1.54) is 0 Å². The van der Waals surface area contributed by atoms with E-state index in [4.69, 9.17) is 14.7 Å². The number of hydrogen-bond donors (Lipinski definition) is 4. The maximum absolute atomic E-state index is 7.56. The Morgan fingerprint density at radius 3 is 2.00 bits per heavy atom. The van der Waals surface area contributed by atoms with Crippen molar-refractivity contribution in [2.45, 2.75) is 0 Å². The second kappa shape index (κ2) is 4.54. The number of rotatable bonds is 0. The molecule has 1 rings (SSSR count). The SMILES string of the molecule is OP(O)(O)=S.c1c[nH]cn1. The molecule has 0 aliphatic rings. The molecule has 0 aromatic carbocycles. The minimum atomic E-state index is -3.81. The minimum Gasteiger partial charge on any atom is -0.351 e. The van der Waals surface area contributed by atoms with Gasteiger partial charge in [0.05, 0.1) is 6.33 Å². The van der Waals surface area contributed by atoms with E-state index >= 15 is 0 Å². The van der Waals surface area contributed by atoms with E-state index in [1.54, 1.807) is 18.7 Å². The maximum Gasteiger partial charge on any atom is 0.319 e. The van der Waals surface area contributed by atoms with Crippen molar-refractivity contribution < 1.29 is 14.7 Å². The zero-order valence-corrected chi connectivity index (χ0v) is 6.59. The molecule has 0 amide bonds. The van der Waals surface area contributed by atoms with E-state index in [9.17, 15) is 0 Å². The van der Waals surface area contributed by atoms with E-state index < -0.39 is 6.72 Å². The molecule has 1 aromatic rings. The fourth-order valence-corrected chi connectivity index (χ4v) is 0.215. The Hall–Kier alpha value is -0.260. The van der Waals surface area contributed by atoms with Crippen molar-refractivity contribution in [2.24, 2.45) is 0 Å². The lowest BCUT2D eigenvalue weighted by molar-refractivity contribution is 0.363. The van der Waals surface area contributed by atoms with Crippen LogP contribution in [0.25, 0.3) is 0 Å². The summed E-state index contributed by atoms with van der Waals surface area (Å²) in [6.07, 6.45) is 5.08. The van der Waals surface area contributed by atoms with Crippen LogP contribution in [0.4, 0.5) is 0 Å². The molecule has 0 aliphatic carbocycles. The van der Waals surface area contributed by atoms with Gasteiger partial charge in [-0.25, -0.2) is 4.98 Å². The van der Waals surface area contributed by atoms with Gasteiger partial charge in [-0.15, -0.1) is 0 Å². The van der Waals surface area contributed by atoms with Crippen LogP contribution in [0.5, 0.6) is 0 Å². The van der Waals surface area contributed by atoms with Crippen molar-refractivity contribution in [3.8, 4) is 0 Å². The van der Waals surface area contributed by atoms with Crippen molar-refractivity contribution in [2.75, 3.05) is 0 Å². The Bertz CT molecular complexity index is 170. The molecule has 0 aliphatic heterocycles. The van der Waals surface area contributed by atoms with Crippen LogP contribution in [0.15, 0.2) is 18.7 Å². The van der Waals surface area contributed by atoms with Gasteiger partial charge in [0.25, 0.3) is 0 Å². The van der Waals surface area contributed by atoms with Gasteiger partial charge in [-0.05, 0) is 11.8 Å². The molecule has 1 heterocycles. The molecule has 5 nitrogen and oxygen atoms in total. The third-order valence-corrected chi connectivity index (χ3v) is 0.406. The Morgan fingerprint density at radius 1 is 1.40 bits per heavy atom. The predicted molar refractivity (Wildman–Crippen MR) is 39.5 cm³/mol. The molecular weight excluding hydrogens is 175 g/mol. The molecule has 0 saturated carbocycles. The summed E-state index contributed by atoms with van der Waals surface area (Å²) in [5, 5.41) is 0. The molecule has 0 bridgehead atoms. The maximum atomic E-state index is 7.56. The van der Waals surface area contributed by atoms with Crippen LogP contribution in [-0.4, -0.2) is 24.6 Å². The van der Waals surface area contributed by atoms with Gasteiger partial charge in [0.2, 0.25) is 0 Å². The summed E-state index contributed by atoms with van der Waals surface area (Å²) in [5.74, 6) is 0. The van der Waals surface area contributed by atoms with Crippen LogP contribution in [0.1, 0.15) is 0 Å². The van der Waals surface area contributed by atoms with Crippen molar-refractivity contribution in [3.05, 3.63) is 18.7 Å². The highest BCUT2D eigenvalue weighted by Crippen LogP contribution is 2.26. The molecule has 1 aromatic heterocycles. The summed E-state index contributed by atoms with van der Waals surface area (Å²) < 4.78 is 0. The number of aromatic nitrogens is 2. The third-order valence-electron chi connectivity index (χ3n) is 0.406. The van der Waals surface area contributed by atoms with E-state index in [1.807, 2.05) is 0 Å². The molecular formula is C3H7N2O3PS. The normalized spacial score (nSPS) is 9.90. The summed E-state index contributed by atoms with van der Waals surface area (Å²) in [4.78, 5) is 29.1. The fourth-order valence-electron chi connectivity index (χ4n) is 0.215. The smallest absolute Gasteiger partial charge is 0.319 e. The number of imidazole rings is 1. The Morgan fingerprint density at radius 2 is 1.90 bits per heavy atom. The van der Waals surface area contributed by atoms with Crippen molar-refractivity contribution in [1.29, 1.82) is 0 Å². The van der Waals surface area contributed by atoms with Crippen molar-refractivity contribution in [3.63, 3.8) is 0 Å². The van der Waals surface area contributed by atoms with Gasteiger partial charge in [-0.3, -0.25) is 0 Å². The number of nitrogens with zero attached hydrogens (tertiary/aromatic N) is 1. The Kier molecular flexibility index (Phi) is 4.42. The second-order valence-corrected chi connectivity index (χ2v) is 3.77. The fraction of sp³-hybridized carbons (Fsp3) is 0. The monoisotopic (exact) mass is 182 g/mol. The molecule has 0 spiro atoms. The highest BCUT2D eigenvalue weighted by Gasteiger charge is 1.92. The van der Waals surface area contributed by atoms with Gasteiger partial charge in [0.1, 0.15) is 0 Å². The van der Waals surface area contributed by atoms with Crippen LogP contribution in [0, 0.1) is 0 Å². The van der Waals surface area contributed by atoms with Crippen LogP contribution < -0.4 is 0 Å². The lowest BCUT2D eigenvalue weighted by atomic mass is 11.0. The number of hydrogen-bond acceptors (Lipinski definition) is 2. The number of H-pyrrole nitrogens is 1. The predicted octanol–water partition coefficient (Wildman–Crippen LogP) is -0.403. The first-order chi connectivity index (χ1) is 4.50. The van der Waals surface area contributed by atoms with Crippen LogP contribution in [-0.2, 0) is 11.8 Å². The lowest BCUT2D eigenvalue weighted by Gasteiger charge is -1.88. The summed E-state index contributed by atoms with van der Waals surface area (Å²) in [5.41, 5.74) is 0. The van der Waals surface area contributed by atoms with E-state index in [2.05, 4.69) is 21.8 Å². The van der Waals surface area contributed by atoms with Crippen LogP contribution in [0.2, 0.25) is 0 Å². The first-order valence-electron chi connectivity index (χ1n) is 2.21. The van der Waals surface area contributed by atoms with E-state index in [0.29, 0.717) is 0 Å². The molecule has 0 saturated heterocycles. The number of nitrogens with one attached hydrogen (secondary N) is 1. The zero-order valence-electron chi connectivity index (χ0n) is 4.88. The highest BCUT2D eigenvalue weighted by atomic mass is 32.5. The zero-order chi connectivity index (χ0) is 8.04. The molecule has 0 atom stereocenters. The summed E-state index contributed by atoms with van der Waals surface area (Å²) in [6, 6.07) is 0. The molecule has 58 valence electrons. The van der Waals surface area contributed by atoms with Crippen LogP contribution >= 0.6 is 6.72 Å². The standard InChI is InChI=1S/C3H4N2.H3O3PS/c1-2-5-3-4-1;1-4(2,3)5/h1-3H,(H,4,5);(H3,1,2,3,5). The second-order valence-electron chi connectivity index (χ2n) is 1.27. The Balaban J connectivity index is 0.000000162. The molecule has 0 radical (unpaired) electrons. The summed E-state index contributed by atoms with van der Waals surface area (Å²) >= 11 is 3.60. The van der Waals surface area contributed by atoms with Crippen molar-refractivity contribution >= 4 is 18.5 Å². The Labute approximate surface area is 62.6 Å². The van der Waals surface area contributed by atoms with Gasteiger partial charge in [0.15, 0.2) is 0 Å². The average molecular weight is 182 g/mol.